The zero-order valence-electron chi connectivity index (χ0n) is 15.8. The highest BCUT2D eigenvalue weighted by atomic mass is 32.1. The molecule has 0 spiro atoms. The maximum absolute atomic E-state index is 12.9. The predicted octanol–water partition coefficient (Wildman–Crippen LogP) is 3.00. The molecule has 3 rings (SSSR count). The lowest BCUT2D eigenvalue weighted by atomic mass is 10.2. The van der Waals surface area contributed by atoms with E-state index in [-0.39, 0.29) is 18.1 Å². The van der Waals surface area contributed by atoms with Gasteiger partial charge in [0.1, 0.15) is 28.9 Å². The number of nitrogens with one attached hydrogen (secondary N) is 2. The summed E-state index contributed by atoms with van der Waals surface area (Å²) in [6, 6.07) is 12.6. The summed E-state index contributed by atoms with van der Waals surface area (Å²) in [4.78, 5) is 30.5. The van der Waals surface area contributed by atoms with Gasteiger partial charge in [0.05, 0.1) is 0 Å². The molecule has 29 heavy (non-hydrogen) atoms. The van der Waals surface area contributed by atoms with Gasteiger partial charge in [-0.25, -0.2) is 9.37 Å². The zero-order valence-corrected chi connectivity index (χ0v) is 16.6. The van der Waals surface area contributed by atoms with Crippen molar-refractivity contribution in [1.29, 1.82) is 0 Å². The molecule has 0 aliphatic heterocycles. The van der Waals surface area contributed by atoms with E-state index in [0.29, 0.717) is 16.3 Å². The number of ether oxygens (including phenoxy) is 1. The normalized spacial score (nSPS) is 10.3. The maximum atomic E-state index is 12.9. The summed E-state index contributed by atoms with van der Waals surface area (Å²) in [7, 11) is 3.75. The molecule has 0 radical (unpaired) electrons. The summed E-state index contributed by atoms with van der Waals surface area (Å²) in [5, 5.41) is 2.14. The van der Waals surface area contributed by atoms with E-state index in [4.69, 9.17) is 4.74 Å². The Bertz CT molecular complexity index is 1000. The van der Waals surface area contributed by atoms with Crippen LogP contribution in [0.3, 0.4) is 0 Å². The lowest BCUT2D eigenvalue weighted by molar-refractivity contribution is 0.0844. The lowest BCUT2D eigenvalue weighted by Crippen LogP contribution is -2.41. The molecular weight excluding hydrogens is 395 g/mol. The van der Waals surface area contributed by atoms with Crippen LogP contribution in [0.15, 0.2) is 53.9 Å². The molecule has 9 heteroatoms. The number of aromatic nitrogens is 1. The van der Waals surface area contributed by atoms with Crippen LogP contribution < -0.4 is 20.5 Å². The number of rotatable bonds is 6. The van der Waals surface area contributed by atoms with Gasteiger partial charge in [-0.1, -0.05) is 6.07 Å². The van der Waals surface area contributed by atoms with Crippen molar-refractivity contribution in [3.05, 3.63) is 76.0 Å². The molecule has 0 saturated carbocycles. The van der Waals surface area contributed by atoms with Crippen LogP contribution in [-0.4, -0.2) is 30.9 Å². The fraction of sp³-hybridized carbons (Fsp3) is 0.150. The Kier molecular flexibility index (Phi) is 6.40. The highest BCUT2D eigenvalue weighted by molar-refractivity contribution is 7.09. The fourth-order valence-electron chi connectivity index (χ4n) is 2.33. The number of hydrogen-bond donors (Lipinski definition) is 2. The van der Waals surface area contributed by atoms with Gasteiger partial charge in [0, 0.05) is 30.7 Å². The summed E-state index contributed by atoms with van der Waals surface area (Å²) in [5.41, 5.74) is 6.18. The van der Waals surface area contributed by atoms with Crippen molar-refractivity contribution in [2.24, 2.45) is 0 Å². The monoisotopic (exact) mass is 414 g/mol. The van der Waals surface area contributed by atoms with Gasteiger partial charge < -0.3 is 9.64 Å². The summed E-state index contributed by atoms with van der Waals surface area (Å²) in [6.45, 7) is 0.146. The average Bonchev–Trinajstić information content (AvgIpc) is 3.20. The van der Waals surface area contributed by atoms with Gasteiger partial charge in [-0.05, 0) is 42.5 Å². The molecule has 0 fully saturated rings. The van der Waals surface area contributed by atoms with Gasteiger partial charge in [0.2, 0.25) is 0 Å². The van der Waals surface area contributed by atoms with Crippen LogP contribution in [0.2, 0.25) is 0 Å². The SMILES string of the molecule is CN(C)c1cccc(C(=O)NNC(=O)c2csc(COc3ccc(F)cc3)n2)c1. The number of hydrogen-bond acceptors (Lipinski definition) is 6. The third kappa shape index (κ3) is 5.52. The average molecular weight is 414 g/mol. The third-order valence-electron chi connectivity index (χ3n) is 3.87. The van der Waals surface area contributed by atoms with E-state index in [2.05, 4.69) is 15.8 Å². The van der Waals surface area contributed by atoms with E-state index in [0.717, 1.165) is 5.69 Å². The van der Waals surface area contributed by atoms with Gasteiger partial charge in [-0.15, -0.1) is 11.3 Å². The smallest absolute Gasteiger partial charge is 0.289 e. The number of nitrogens with zero attached hydrogens (tertiary/aromatic N) is 2. The second kappa shape index (κ2) is 9.16. The predicted molar refractivity (Wildman–Crippen MR) is 109 cm³/mol. The van der Waals surface area contributed by atoms with Crippen molar-refractivity contribution < 1.29 is 18.7 Å². The van der Waals surface area contributed by atoms with Crippen LogP contribution in [0.25, 0.3) is 0 Å². The molecule has 1 heterocycles. The van der Waals surface area contributed by atoms with E-state index >= 15 is 0 Å². The van der Waals surface area contributed by atoms with Crippen LogP contribution in [0.1, 0.15) is 25.9 Å². The summed E-state index contributed by atoms with van der Waals surface area (Å²) >= 11 is 1.25. The topological polar surface area (TPSA) is 83.6 Å². The Balaban J connectivity index is 1.52. The molecule has 0 aliphatic carbocycles. The van der Waals surface area contributed by atoms with Gasteiger partial charge in [-0.3, -0.25) is 20.4 Å². The molecule has 1 aromatic heterocycles. The number of anilines is 1. The van der Waals surface area contributed by atoms with E-state index in [1.807, 2.05) is 25.1 Å². The van der Waals surface area contributed by atoms with Crippen LogP contribution in [0.4, 0.5) is 10.1 Å². The molecule has 0 atom stereocenters. The van der Waals surface area contributed by atoms with E-state index in [1.54, 1.807) is 23.6 Å². The molecule has 0 bridgehead atoms. The Labute approximate surface area is 171 Å². The second-order valence-corrected chi connectivity index (χ2v) is 7.16. The number of halogens is 1. The largest absolute Gasteiger partial charge is 0.486 e. The minimum Gasteiger partial charge on any atom is -0.486 e. The Hall–Kier alpha value is -3.46. The number of carbonyl (C=O) groups is 2. The van der Waals surface area contributed by atoms with Crippen molar-refractivity contribution in [3.63, 3.8) is 0 Å². The highest BCUT2D eigenvalue weighted by Gasteiger charge is 2.13. The number of hydrazine groups is 1. The van der Waals surface area contributed by atoms with E-state index < -0.39 is 11.8 Å². The zero-order chi connectivity index (χ0) is 20.8. The third-order valence-corrected chi connectivity index (χ3v) is 4.70. The second-order valence-electron chi connectivity index (χ2n) is 6.22. The molecule has 7 nitrogen and oxygen atoms in total. The first-order valence-electron chi connectivity index (χ1n) is 8.63. The van der Waals surface area contributed by atoms with Crippen LogP contribution >= 0.6 is 11.3 Å². The first kappa shape index (κ1) is 20.3. The maximum Gasteiger partial charge on any atom is 0.289 e. The summed E-state index contributed by atoms with van der Waals surface area (Å²) in [6.07, 6.45) is 0. The minimum absolute atomic E-state index is 0.146. The van der Waals surface area contributed by atoms with Crippen molar-refractivity contribution in [2.45, 2.75) is 6.61 Å². The molecule has 3 aromatic rings. The van der Waals surface area contributed by atoms with Gasteiger partial charge in [0.25, 0.3) is 11.8 Å². The van der Waals surface area contributed by atoms with Crippen molar-refractivity contribution in [3.8, 4) is 5.75 Å². The molecular formula is C20H19FN4O3S. The minimum atomic E-state index is -0.536. The first-order valence-corrected chi connectivity index (χ1v) is 9.51. The van der Waals surface area contributed by atoms with Crippen LogP contribution in [-0.2, 0) is 6.61 Å². The summed E-state index contributed by atoms with van der Waals surface area (Å²) in [5.74, 6) is -0.815. The summed E-state index contributed by atoms with van der Waals surface area (Å²) < 4.78 is 18.4. The molecule has 0 unspecified atom stereocenters. The molecule has 2 amide bonds. The standard InChI is InChI=1S/C20H19FN4O3S/c1-25(2)15-5-3-4-13(10-15)19(26)23-24-20(27)17-12-29-18(22-17)11-28-16-8-6-14(21)7-9-16/h3-10,12H,11H2,1-2H3,(H,23,26)(H,24,27). The lowest BCUT2D eigenvalue weighted by Gasteiger charge is -2.13. The number of benzene rings is 2. The van der Waals surface area contributed by atoms with Crippen LogP contribution in [0.5, 0.6) is 5.75 Å². The highest BCUT2D eigenvalue weighted by Crippen LogP contribution is 2.16. The quantitative estimate of drug-likeness (QED) is 0.606. The van der Waals surface area contributed by atoms with Crippen molar-refractivity contribution in [2.75, 3.05) is 19.0 Å². The molecule has 150 valence electrons. The number of thiazole rings is 1. The van der Waals surface area contributed by atoms with Gasteiger partial charge >= 0.3 is 0 Å². The molecule has 2 aromatic carbocycles. The first-order chi connectivity index (χ1) is 13.9. The molecule has 0 saturated heterocycles. The Morgan fingerprint density at radius 3 is 2.55 bits per heavy atom. The molecule has 2 N–H and O–H groups in total. The Morgan fingerprint density at radius 2 is 1.83 bits per heavy atom. The molecule has 0 aliphatic rings. The number of carbonyl (C=O) groups excluding carboxylic acids is 2. The van der Waals surface area contributed by atoms with E-state index in [1.165, 1.54) is 35.6 Å². The fourth-order valence-corrected chi connectivity index (χ4v) is 3.02. The number of amides is 2. The van der Waals surface area contributed by atoms with Crippen LogP contribution in [0, 0.1) is 5.82 Å². The van der Waals surface area contributed by atoms with Gasteiger partial charge in [-0.2, -0.15) is 0 Å². The van der Waals surface area contributed by atoms with Crippen molar-refractivity contribution >= 4 is 28.8 Å². The van der Waals surface area contributed by atoms with Crippen molar-refractivity contribution in [1.82, 2.24) is 15.8 Å². The van der Waals surface area contributed by atoms with E-state index in [9.17, 15) is 14.0 Å². The van der Waals surface area contributed by atoms with Gasteiger partial charge in [0.15, 0.2) is 0 Å². The Morgan fingerprint density at radius 1 is 1.10 bits per heavy atom.